The van der Waals surface area contributed by atoms with E-state index in [0.717, 1.165) is 4.91 Å². The first-order valence-corrected chi connectivity index (χ1v) is 4.48. The maximum atomic E-state index is 3.70. The summed E-state index contributed by atoms with van der Waals surface area (Å²) in [5.41, 5.74) is 1.17. The molecule has 1 nitrogen and oxygen atoms in total. The fourth-order valence-electron chi connectivity index (χ4n) is 0.657. The van der Waals surface area contributed by atoms with Crippen LogP contribution in [0.4, 0.5) is 0 Å². The highest BCUT2D eigenvalue weighted by Crippen LogP contribution is 2.20. The van der Waals surface area contributed by atoms with Crippen LogP contribution in [0.5, 0.6) is 0 Å². The van der Waals surface area contributed by atoms with Crippen molar-refractivity contribution < 1.29 is 0 Å². The van der Waals surface area contributed by atoms with E-state index in [1.54, 1.807) is 24.0 Å². The molecule has 0 aliphatic rings. The van der Waals surface area contributed by atoms with Crippen LogP contribution < -0.4 is 0 Å². The molecule has 0 saturated carbocycles. The van der Waals surface area contributed by atoms with E-state index >= 15 is 0 Å². The van der Waals surface area contributed by atoms with Crippen molar-refractivity contribution in [3.8, 4) is 0 Å². The second-order valence-corrected chi connectivity index (χ2v) is 2.81. The average Bonchev–Trinajstić information content (AvgIpc) is 2.00. The topological polar surface area (TPSA) is 12.4 Å². The Hall–Kier alpha value is -0.760. The third kappa shape index (κ3) is 3.83. The van der Waals surface area contributed by atoms with Gasteiger partial charge in [0.05, 0.1) is 0 Å². The maximum Gasteiger partial charge on any atom is 0.0399 e. The molecule has 0 bridgehead atoms. The smallest absolute Gasteiger partial charge is 0.0399 e. The van der Waals surface area contributed by atoms with Gasteiger partial charge < -0.3 is 0 Å². The van der Waals surface area contributed by atoms with Crippen molar-refractivity contribution in [2.45, 2.75) is 6.92 Å². The molecule has 0 atom stereocenters. The molecule has 0 aromatic rings. The molecular formula is C9H13NS. The summed E-state index contributed by atoms with van der Waals surface area (Å²) in [6.45, 7) is 9.04. The SMILES string of the molecule is C=C/C=C(C)/C(=C/N=C)SC. The minimum atomic E-state index is 1.12. The molecule has 0 aliphatic carbocycles. The Bertz CT molecular complexity index is 202. The van der Waals surface area contributed by atoms with Crippen LogP contribution in [0.25, 0.3) is 0 Å². The number of thioether (sulfide) groups is 1. The molecule has 0 N–H and O–H groups in total. The van der Waals surface area contributed by atoms with Gasteiger partial charge in [-0.3, -0.25) is 4.99 Å². The lowest BCUT2D eigenvalue weighted by Crippen LogP contribution is -1.77. The summed E-state index contributed by atoms with van der Waals surface area (Å²) in [6, 6.07) is 0. The van der Waals surface area contributed by atoms with Gasteiger partial charge in [-0.05, 0) is 25.5 Å². The third-order valence-electron chi connectivity index (χ3n) is 1.18. The number of nitrogens with zero attached hydrogens (tertiary/aromatic N) is 1. The van der Waals surface area contributed by atoms with Crippen LogP contribution in [0.2, 0.25) is 0 Å². The predicted octanol–water partition coefficient (Wildman–Crippen LogP) is 3.02. The molecule has 0 heterocycles. The summed E-state index contributed by atoms with van der Waals surface area (Å²) in [6.07, 6.45) is 7.48. The zero-order valence-electron chi connectivity index (χ0n) is 7.00. The van der Waals surface area contributed by atoms with Crippen molar-refractivity contribution in [1.29, 1.82) is 0 Å². The standard InChI is InChI=1S/C9H13NS/c1-5-6-8(2)9(11-4)7-10-3/h5-7H,1,3H2,2,4H3/b8-6+,9-7-. The van der Waals surface area contributed by atoms with E-state index in [2.05, 4.69) is 18.3 Å². The molecule has 60 valence electrons. The number of hydrogen-bond acceptors (Lipinski definition) is 2. The summed E-state index contributed by atoms with van der Waals surface area (Å²) in [7, 11) is 0. The van der Waals surface area contributed by atoms with Crippen LogP contribution in [-0.4, -0.2) is 13.0 Å². The van der Waals surface area contributed by atoms with Crippen LogP contribution in [0.15, 0.2) is 40.4 Å². The molecule has 0 aromatic carbocycles. The van der Waals surface area contributed by atoms with Crippen molar-refractivity contribution in [2.24, 2.45) is 4.99 Å². The summed E-state index contributed by atoms with van der Waals surface area (Å²) in [4.78, 5) is 4.83. The predicted molar refractivity (Wildman–Crippen MR) is 55.1 cm³/mol. The van der Waals surface area contributed by atoms with Gasteiger partial charge in [0, 0.05) is 11.1 Å². The first-order valence-electron chi connectivity index (χ1n) is 3.26. The van der Waals surface area contributed by atoms with Gasteiger partial charge in [0.2, 0.25) is 0 Å². The van der Waals surface area contributed by atoms with E-state index in [0.29, 0.717) is 0 Å². The Morgan fingerprint density at radius 3 is 2.55 bits per heavy atom. The van der Waals surface area contributed by atoms with Crippen molar-refractivity contribution >= 4 is 18.5 Å². The minimum Gasteiger partial charge on any atom is -0.271 e. The van der Waals surface area contributed by atoms with E-state index in [9.17, 15) is 0 Å². The van der Waals surface area contributed by atoms with Gasteiger partial charge in [0.15, 0.2) is 0 Å². The van der Waals surface area contributed by atoms with E-state index in [1.165, 1.54) is 5.57 Å². The molecule has 0 spiro atoms. The molecule has 11 heavy (non-hydrogen) atoms. The van der Waals surface area contributed by atoms with E-state index in [1.807, 2.05) is 19.3 Å². The molecule has 0 saturated heterocycles. The molecular weight excluding hydrogens is 154 g/mol. The van der Waals surface area contributed by atoms with E-state index < -0.39 is 0 Å². The highest BCUT2D eigenvalue weighted by atomic mass is 32.2. The Balaban J connectivity index is 4.49. The Morgan fingerprint density at radius 2 is 2.18 bits per heavy atom. The summed E-state index contributed by atoms with van der Waals surface area (Å²) in [5, 5.41) is 0. The van der Waals surface area contributed by atoms with Gasteiger partial charge in [-0.15, -0.1) is 11.8 Å². The first-order chi connectivity index (χ1) is 5.26. The zero-order chi connectivity index (χ0) is 8.69. The number of aliphatic imine (C=N–C) groups is 1. The first kappa shape index (κ1) is 10.2. The Kier molecular flexibility index (Phi) is 5.57. The largest absolute Gasteiger partial charge is 0.271 e. The second-order valence-electron chi connectivity index (χ2n) is 1.97. The summed E-state index contributed by atoms with van der Waals surface area (Å²) >= 11 is 1.65. The van der Waals surface area contributed by atoms with Gasteiger partial charge in [-0.25, -0.2) is 0 Å². The van der Waals surface area contributed by atoms with Gasteiger partial charge in [0.25, 0.3) is 0 Å². The lowest BCUT2D eigenvalue weighted by atomic mass is 10.3. The summed E-state index contributed by atoms with van der Waals surface area (Å²) in [5.74, 6) is 0. The molecule has 2 heteroatoms. The molecule has 0 aliphatic heterocycles. The molecule has 0 unspecified atom stereocenters. The van der Waals surface area contributed by atoms with Crippen molar-refractivity contribution in [3.63, 3.8) is 0 Å². The fourth-order valence-corrected chi connectivity index (χ4v) is 1.23. The van der Waals surface area contributed by atoms with Gasteiger partial charge >= 0.3 is 0 Å². The van der Waals surface area contributed by atoms with Gasteiger partial charge in [-0.2, -0.15) is 0 Å². The van der Waals surface area contributed by atoms with Crippen LogP contribution in [0.1, 0.15) is 6.92 Å². The lowest BCUT2D eigenvalue weighted by molar-refractivity contribution is 1.45. The van der Waals surface area contributed by atoms with E-state index in [4.69, 9.17) is 0 Å². The minimum absolute atomic E-state index is 1.12. The van der Waals surface area contributed by atoms with Crippen molar-refractivity contribution in [3.05, 3.63) is 35.4 Å². The molecule has 0 rings (SSSR count). The number of allylic oxidation sites excluding steroid dienone is 3. The summed E-state index contributed by atoms with van der Waals surface area (Å²) < 4.78 is 0. The Labute approximate surface area is 72.6 Å². The van der Waals surface area contributed by atoms with Crippen molar-refractivity contribution in [1.82, 2.24) is 0 Å². The monoisotopic (exact) mass is 167 g/mol. The third-order valence-corrected chi connectivity index (χ3v) is 2.05. The fraction of sp³-hybridized carbons (Fsp3) is 0.222. The lowest BCUT2D eigenvalue weighted by Gasteiger charge is -2.00. The average molecular weight is 167 g/mol. The molecule has 0 aromatic heterocycles. The molecule has 0 amide bonds. The van der Waals surface area contributed by atoms with Crippen LogP contribution >= 0.6 is 11.8 Å². The quantitative estimate of drug-likeness (QED) is 0.463. The van der Waals surface area contributed by atoms with Gasteiger partial charge in [-0.1, -0.05) is 18.7 Å². The molecule has 0 fully saturated rings. The zero-order valence-corrected chi connectivity index (χ0v) is 7.82. The van der Waals surface area contributed by atoms with Gasteiger partial charge in [0.1, 0.15) is 0 Å². The number of rotatable bonds is 4. The van der Waals surface area contributed by atoms with Crippen molar-refractivity contribution in [2.75, 3.05) is 6.26 Å². The highest BCUT2D eigenvalue weighted by molar-refractivity contribution is 8.02. The van der Waals surface area contributed by atoms with Crippen LogP contribution in [0, 0.1) is 0 Å². The van der Waals surface area contributed by atoms with Crippen LogP contribution in [-0.2, 0) is 0 Å². The number of hydrogen-bond donors (Lipinski definition) is 0. The Morgan fingerprint density at radius 1 is 1.55 bits per heavy atom. The molecule has 0 radical (unpaired) electrons. The van der Waals surface area contributed by atoms with Crippen LogP contribution in [0.3, 0.4) is 0 Å². The normalized spacial score (nSPS) is 12.9. The highest BCUT2D eigenvalue weighted by Gasteiger charge is 1.94. The van der Waals surface area contributed by atoms with E-state index in [-0.39, 0.29) is 0 Å². The maximum absolute atomic E-state index is 3.70. The second kappa shape index (κ2) is 5.98.